The third-order valence-electron chi connectivity index (χ3n) is 2.90. The lowest BCUT2D eigenvalue weighted by Crippen LogP contribution is -2.34. The molecule has 0 unspecified atom stereocenters. The molecule has 0 bridgehead atoms. The lowest BCUT2D eigenvalue weighted by molar-refractivity contribution is -0.134. The van der Waals surface area contributed by atoms with E-state index in [1.807, 2.05) is 6.20 Å². The number of likely N-dealkylation sites (tertiary alicyclic amines) is 1. The highest BCUT2D eigenvalue weighted by Crippen LogP contribution is 2.17. The number of piperidine rings is 1. The summed E-state index contributed by atoms with van der Waals surface area (Å²) in [5.74, 6) is 0.508. The first kappa shape index (κ1) is 13.0. The minimum atomic E-state index is -0.282. The molecule has 0 aromatic heterocycles. The van der Waals surface area contributed by atoms with E-state index < -0.39 is 0 Å². The monoisotopic (exact) mass is 226 g/mol. The van der Waals surface area contributed by atoms with Crippen LogP contribution in [0.15, 0.2) is 12.3 Å². The summed E-state index contributed by atoms with van der Waals surface area (Å²) in [6, 6.07) is 0. The highest BCUT2D eigenvalue weighted by molar-refractivity contribution is 5.81. The quantitative estimate of drug-likeness (QED) is 0.528. The topological polar surface area (TPSA) is 32.8 Å². The van der Waals surface area contributed by atoms with Gasteiger partial charge in [0.25, 0.3) is 0 Å². The van der Waals surface area contributed by atoms with E-state index in [4.69, 9.17) is 0 Å². The number of methoxy groups -OCH3 is 1. The summed E-state index contributed by atoms with van der Waals surface area (Å²) in [7, 11) is 5.63. The van der Waals surface area contributed by atoms with Crippen LogP contribution in [0.1, 0.15) is 12.8 Å². The van der Waals surface area contributed by atoms with Crippen molar-refractivity contribution in [1.82, 2.24) is 9.80 Å². The predicted molar refractivity (Wildman–Crippen MR) is 64.0 cm³/mol. The molecular weight excluding hydrogens is 204 g/mol. The molecule has 92 valence electrons. The van der Waals surface area contributed by atoms with Crippen LogP contribution in [0.25, 0.3) is 0 Å². The fourth-order valence-electron chi connectivity index (χ4n) is 2.04. The first-order valence-electron chi connectivity index (χ1n) is 5.76. The van der Waals surface area contributed by atoms with Gasteiger partial charge in [-0.05, 0) is 32.9 Å². The van der Waals surface area contributed by atoms with Gasteiger partial charge in [-0.25, -0.2) is 4.79 Å². The van der Waals surface area contributed by atoms with Gasteiger partial charge < -0.3 is 14.5 Å². The van der Waals surface area contributed by atoms with Crippen LogP contribution in [0, 0.1) is 5.92 Å². The van der Waals surface area contributed by atoms with Gasteiger partial charge in [0, 0.05) is 31.9 Å². The Kier molecular flexibility index (Phi) is 5.32. The lowest BCUT2D eigenvalue weighted by atomic mass is 9.97. The van der Waals surface area contributed by atoms with Crippen LogP contribution in [0.2, 0.25) is 0 Å². The molecule has 4 nitrogen and oxygen atoms in total. The molecular formula is C12H22N2O2. The minimum Gasteiger partial charge on any atom is -0.466 e. The molecule has 0 aromatic carbocycles. The highest BCUT2D eigenvalue weighted by atomic mass is 16.5. The van der Waals surface area contributed by atoms with Crippen LogP contribution in [0.4, 0.5) is 0 Å². The van der Waals surface area contributed by atoms with Gasteiger partial charge in [0.2, 0.25) is 0 Å². The SMILES string of the molecule is COC(=O)C=CN1CCC(CN(C)C)CC1. The zero-order valence-corrected chi connectivity index (χ0v) is 10.5. The number of carbonyl (C=O) groups excluding carboxylic acids is 1. The Labute approximate surface area is 97.9 Å². The lowest BCUT2D eigenvalue weighted by Gasteiger charge is -2.32. The first-order chi connectivity index (χ1) is 7.61. The predicted octanol–water partition coefficient (Wildman–Crippen LogP) is 0.947. The summed E-state index contributed by atoms with van der Waals surface area (Å²) < 4.78 is 4.56. The Morgan fingerprint density at radius 1 is 1.44 bits per heavy atom. The molecule has 1 saturated heterocycles. The van der Waals surface area contributed by atoms with Crippen molar-refractivity contribution in [3.8, 4) is 0 Å². The van der Waals surface area contributed by atoms with Gasteiger partial charge >= 0.3 is 5.97 Å². The molecule has 0 aliphatic carbocycles. The number of rotatable bonds is 4. The average molecular weight is 226 g/mol. The van der Waals surface area contributed by atoms with Crippen LogP contribution in [-0.2, 0) is 9.53 Å². The molecule has 1 aliphatic rings. The molecule has 4 heteroatoms. The molecule has 0 spiro atoms. The number of nitrogens with zero attached hydrogens (tertiary/aromatic N) is 2. The summed E-state index contributed by atoms with van der Waals surface area (Å²) in [4.78, 5) is 15.3. The van der Waals surface area contributed by atoms with Crippen molar-refractivity contribution >= 4 is 5.97 Å². The second kappa shape index (κ2) is 6.53. The third-order valence-corrected chi connectivity index (χ3v) is 2.90. The zero-order chi connectivity index (χ0) is 12.0. The number of esters is 1. The molecule has 1 fully saturated rings. The molecule has 0 amide bonds. The first-order valence-corrected chi connectivity index (χ1v) is 5.76. The van der Waals surface area contributed by atoms with Crippen LogP contribution in [0.5, 0.6) is 0 Å². The number of hydrogen-bond donors (Lipinski definition) is 0. The second-order valence-electron chi connectivity index (χ2n) is 4.58. The van der Waals surface area contributed by atoms with E-state index in [0.717, 1.165) is 25.6 Å². The molecule has 0 saturated carbocycles. The van der Waals surface area contributed by atoms with E-state index in [2.05, 4.69) is 28.6 Å². The smallest absolute Gasteiger partial charge is 0.331 e. The summed E-state index contributed by atoms with van der Waals surface area (Å²) in [6.07, 6.45) is 5.73. The molecule has 0 atom stereocenters. The Balaban J connectivity index is 2.26. The van der Waals surface area contributed by atoms with E-state index >= 15 is 0 Å². The zero-order valence-electron chi connectivity index (χ0n) is 10.5. The van der Waals surface area contributed by atoms with E-state index in [9.17, 15) is 4.79 Å². The molecule has 1 heterocycles. The maximum absolute atomic E-state index is 10.9. The third kappa shape index (κ3) is 4.66. The second-order valence-corrected chi connectivity index (χ2v) is 4.58. The van der Waals surface area contributed by atoms with Crippen molar-refractivity contribution in [1.29, 1.82) is 0 Å². The Hall–Kier alpha value is -1.03. The van der Waals surface area contributed by atoms with Gasteiger partial charge in [-0.1, -0.05) is 0 Å². The van der Waals surface area contributed by atoms with Crippen molar-refractivity contribution in [2.45, 2.75) is 12.8 Å². The maximum Gasteiger partial charge on any atom is 0.331 e. The fraction of sp³-hybridized carbons (Fsp3) is 0.750. The van der Waals surface area contributed by atoms with Crippen LogP contribution < -0.4 is 0 Å². The molecule has 0 aromatic rings. The maximum atomic E-state index is 10.9. The summed E-state index contributed by atoms with van der Waals surface area (Å²) in [5.41, 5.74) is 0. The van der Waals surface area contributed by atoms with Crippen molar-refractivity contribution in [2.24, 2.45) is 5.92 Å². The number of carbonyl (C=O) groups is 1. The van der Waals surface area contributed by atoms with Crippen LogP contribution in [-0.4, -0.2) is 56.6 Å². The summed E-state index contributed by atoms with van der Waals surface area (Å²) in [6.45, 7) is 3.23. The summed E-state index contributed by atoms with van der Waals surface area (Å²) >= 11 is 0. The highest BCUT2D eigenvalue weighted by Gasteiger charge is 2.17. The molecule has 1 aliphatic heterocycles. The Morgan fingerprint density at radius 2 is 2.06 bits per heavy atom. The van der Waals surface area contributed by atoms with Crippen LogP contribution in [0.3, 0.4) is 0 Å². The molecule has 1 rings (SSSR count). The molecule has 0 radical (unpaired) electrons. The summed E-state index contributed by atoms with van der Waals surface area (Å²) in [5, 5.41) is 0. The van der Waals surface area contributed by atoms with Gasteiger partial charge in [0.05, 0.1) is 7.11 Å². The van der Waals surface area contributed by atoms with Gasteiger partial charge in [-0.15, -0.1) is 0 Å². The van der Waals surface area contributed by atoms with Crippen LogP contribution >= 0.6 is 0 Å². The Morgan fingerprint density at radius 3 is 2.56 bits per heavy atom. The Bertz CT molecular complexity index is 243. The van der Waals surface area contributed by atoms with Crippen molar-refractivity contribution in [3.05, 3.63) is 12.3 Å². The van der Waals surface area contributed by atoms with Crippen molar-refractivity contribution in [3.63, 3.8) is 0 Å². The standard InChI is InChI=1S/C12H22N2O2/c1-13(2)10-11-4-7-14(8-5-11)9-6-12(15)16-3/h6,9,11H,4-5,7-8,10H2,1-3H3. The van der Waals surface area contributed by atoms with Gasteiger partial charge in [0.15, 0.2) is 0 Å². The minimum absolute atomic E-state index is 0.282. The van der Waals surface area contributed by atoms with Crippen molar-refractivity contribution < 1.29 is 9.53 Å². The number of ether oxygens (including phenoxy) is 1. The molecule has 0 N–H and O–H groups in total. The normalized spacial score (nSPS) is 18.4. The van der Waals surface area contributed by atoms with E-state index in [-0.39, 0.29) is 5.97 Å². The number of hydrogen-bond acceptors (Lipinski definition) is 4. The largest absolute Gasteiger partial charge is 0.466 e. The van der Waals surface area contributed by atoms with E-state index in [1.54, 1.807) is 0 Å². The van der Waals surface area contributed by atoms with Gasteiger partial charge in [-0.2, -0.15) is 0 Å². The van der Waals surface area contributed by atoms with Crippen molar-refractivity contribution in [2.75, 3.05) is 40.8 Å². The van der Waals surface area contributed by atoms with E-state index in [1.165, 1.54) is 26.0 Å². The van der Waals surface area contributed by atoms with Gasteiger partial charge in [0.1, 0.15) is 0 Å². The van der Waals surface area contributed by atoms with E-state index in [0.29, 0.717) is 0 Å². The molecule has 16 heavy (non-hydrogen) atoms. The average Bonchev–Trinajstić information content (AvgIpc) is 2.27. The fourth-order valence-corrected chi connectivity index (χ4v) is 2.04. The van der Waals surface area contributed by atoms with Gasteiger partial charge in [-0.3, -0.25) is 0 Å².